The van der Waals surface area contributed by atoms with Gasteiger partial charge < -0.3 is 5.73 Å². The second-order valence-corrected chi connectivity index (χ2v) is 2.46. The Morgan fingerprint density at radius 3 is 2.90 bits per heavy atom. The van der Waals surface area contributed by atoms with Crippen molar-refractivity contribution in [3.8, 4) is 0 Å². The van der Waals surface area contributed by atoms with Gasteiger partial charge in [0.15, 0.2) is 0 Å². The van der Waals surface area contributed by atoms with Gasteiger partial charge in [-0.05, 0) is 12.8 Å². The van der Waals surface area contributed by atoms with Crippen LogP contribution in [0, 0.1) is 0 Å². The van der Waals surface area contributed by atoms with E-state index in [1.54, 1.807) is 0 Å². The van der Waals surface area contributed by atoms with E-state index in [0.717, 1.165) is 18.7 Å². The van der Waals surface area contributed by atoms with Crippen LogP contribution >= 0.6 is 0 Å². The van der Waals surface area contributed by atoms with E-state index < -0.39 is 0 Å². The van der Waals surface area contributed by atoms with Crippen molar-refractivity contribution in [3.05, 3.63) is 0 Å². The minimum Gasteiger partial charge on any atom is -0.368 e. The molecule has 0 atom stereocenters. The lowest BCUT2D eigenvalue weighted by atomic mass is 10.2. The van der Waals surface area contributed by atoms with Gasteiger partial charge in [0.05, 0.1) is 6.54 Å². The summed E-state index contributed by atoms with van der Waals surface area (Å²) in [4.78, 5) is 8.03. The molecule has 2 N–H and O–H groups in total. The molecule has 0 aliphatic carbocycles. The minimum atomic E-state index is 0.450. The molecule has 0 aromatic rings. The molecule has 0 aromatic carbocycles. The Morgan fingerprint density at radius 2 is 2.40 bits per heavy atom. The Balaban J connectivity index is 2.27. The van der Waals surface area contributed by atoms with E-state index in [1.165, 1.54) is 12.8 Å². The summed E-state index contributed by atoms with van der Waals surface area (Å²) in [5, 5.41) is 0. The van der Waals surface area contributed by atoms with E-state index in [-0.39, 0.29) is 0 Å². The van der Waals surface area contributed by atoms with Crippen LogP contribution in [0.25, 0.3) is 0 Å². The minimum absolute atomic E-state index is 0.450. The highest BCUT2D eigenvalue weighted by atomic mass is 15.1. The van der Waals surface area contributed by atoms with E-state index in [9.17, 15) is 0 Å². The zero-order valence-corrected chi connectivity index (χ0v) is 6.30. The molecule has 10 heavy (non-hydrogen) atoms. The maximum Gasteiger partial charge on any atom is 0.215 e. The molecule has 3 nitrogen and oxygen atoms in total. The summed E-state index contributed by atoms with van der Waals surface area (Å²) in [5.74, 6) is 0.450. The van der Waals surface area contributed by atoms with Gasteiger partial charge in [0, 0.05) is 5.71 Å². The Kier molecular flexibility index (Phi) is 2.42. The molecule has 1 aliphatic rings. The summed E-state index contributed by atoms with van der Waals surface area (Å²) in [6.45, 7) is 2.89. The molecule has 3 heteroatoms. The van der Waals surface area contributed by atoms with Crippen LogP contribution in [-0.4, -0.2) is 18.2 Å². The van der Waals surface area contributed by atoms with Crippen molar-refractivity contribution in [2.75, 3.05) is 6.54 Å². The molecule has 1 rings (SSSR count). The highest BCUT2D eigenvalue weighted by molar-refractivity contribution is 6.02. The standard InChI is InChI=1S/C7H13N3/c1-2-3-4-6-5-9-7(8)10-6/h2-5H2,1H3,(H2,8,9). The maximum absolute atomic E-state index is 5.36. The molecule has 56 valence electrons. The van der Waals surface area contributed by atoms with Gasteiger partial charge >= 0.3 is 0 Å². The normalized spacial score (nSPS) is 16.9. The van der Waals surface area contributed by atoms with Gasteiger partial charge in [0.2, 0.25) is 5.96 Å². The third kappa shape index (κ3) is 1.83. The molecule has 0 amide bonds. The van der Waals surface area contributed by atoms with Gasteiger partial charge in [-0.3, -0.25) is 0 Å². The third-order valence-electron chi connectivity index (χ3n) is 1.52. The molecule has 0 aromatic heterocycles. The fourth-order valence-electron chi connectivity index (χ4n) is 0.921. The zero-order valence-electron chi connectivity index (χ0n) is 6.30. The fourth-order valence-corrected chi connectivity index (χ4v) is 0.921. The lowest BCUT2D eigenvalue weighted by Crippen LogP contribution is -2.04. The number of guanidine groups is 1. The number of aliphatic imine (C=N–C) groups is 2. The summed E-state index contributed by atoms with van der Waals surface area (Å²) in [6.07, 6.45) is 3.46. The number of nitrogens with zero attached hydrogens (tertiary/aromatic N) is 2. The van der Waals surface area contributed by atoms with Crippen molar-refractivity contribution in [2.45, 2.75) is 26.2 Å². The van der Waals surface area contributed by atoms with Crippen LogP contribution in [0.5, 0.6) is 0 Å². The summed E-state index contributed by atoms with van der Waals surface area (Å²) in [7, 11) is 0. The largest absolute Gasteiger partial charge is 0.368 e. The molecular weight excluding hydrogens is 126 g/mol. The smallest absolute Gasteiger partial charge is 0.215 e. The first-order valence-corrected chi connectivity index (χ1v) is 3.69. The first-order valence-electron chi connectivity index (χ1n) is 3.69. The van der Waals surface area contributed by atoms with Gasteiger partial charge in [0.1, 0.15) is 0 Å². The van der Waals surface area contributed by atoms with Crippen molar-refractivity contribution < 1.29 is 0 Å². The lowest BCUT2D eigenvalue weighted by molar-refractivity contribution is 0.831. The molecule has 1 heterocycles. The fraction of sp³-hybridized carbons (Fsp3) is 0.714. The maximum atomic E-state index is 5.36. The summed E-state index contributed by atoms with van der Waals surface area (Å²) < 4.78 is 0. The molecule has 0 saturated heterocycles. The molecular formula is C7H13N3. The Bertz CT molecular complexity index is 170. The third-order valence-corrected chi connectivity index (χ3v) is 1.52. The molecule has 0 radical (unpaired) electrons. The van der Waals surface area contributed by atoms with Crippen LogP contribution < -0.4 is 5.73 Å². The van der Waals surface area contributed by atoms with Gasteiger partial charge in [-0.15, -0.1) is 0 Å². The van der Waals surface area contributed by atoms with Crippen molar-refractivity contribution >= 4 is 11.7 Å². The summed E-state index contributed by atoms with van der Waals surface area (Å²) in [6, 6.07) is 0. The van der Waals surface area contributed by atoms with Gasteiger partial charge in [-0.25, -0.2) is 9.98 Å². The highest BCUT2D eigenvalue weighted by Gasteiger charge is 2.04. The van der Waals surface area contributed by atoms with Crippen molar-refractivity contribution in [2.24, 2.45) is 15.7 Å². The predicted molar refractivity (Wildman–Crippen MR) is 43.4 cm³/mol. The SMILES string of the molecule is CCCCC1=NC(N)=NC1. The number of rotatable bonds is 3. The second-order valence-electron chi connectivity index (χ2n) is 2.46. The number of hydrogen-bond acceptors (Lipinski definition) is 3. The van der Waals surface area contributed by atoms with Gasteiger partial charge in [-0.1, -0.05) is 13.3 Å². The average molecular weight is 139 g/mol. The van der Waals surface area contributed by atoms with Crippen molar-refractivity contribution in [1.82, 2.24) is 0 Å². The molecule has 0 bridgehead atoms. The summed E-state index contributed by atoms with van der Waals surface area (Å²) in [5.41, 5.74) is 6.50. The van der Waals surface area contributed by atoms with E-state index >= 15 is 0 Å². The number of unbranched alkanes of at least 4 members (excludes halogenated alkanes) is 1. The molecule has 0 fully saturated rings. The highest BCUT2D eigenvalue weighted by Crippen LogP contribution is 2.01. The van der Waals surface area contributed by atoms with Crippen LogP contribution in [0.15, 0.2) is 9.98 Å². The van der Waals surface area contributed by atoms with Crippen molar-refractivity contribution in [1.29, 1.82) is 0 Å². The van der Waals surface area contributed by atoms with E-state index in [4.69, 9.17) is 5.73 Å². The van der Waals surface area contributed by atoms with Crippen LogP contribution in [0.2, 0.25) is 0 Å². The number of nitrogens with two attached hydrogens (primary N) is 1. The molecule has 1 aliphatic heterocycles. The van der Waals surface area contributed by atoms with Crippen LogP contribution in [0.3, 0.4) is 0 Å². The first kappa shape index (κ1) is 7.25. The molecule has 0 saturated carbocycles. The topological polar surface area (TPSA) is 50.7 Å². The van der Waals surface area contributed by atoms with E-state index in [2.05, 4.69) is 16.9 Å². The second kappa shape index (κ2) is 3.34. The number of hydrogen-bond donors (Lipinski definition) is 1. The van der Waals surface area contributed by atoms with E-state index in [0.29, 0.717) is 5.96 Å². The molecule has 0 spiro atoms. The first-order chi connectivity index (χ1) is 4.83. The van der Waals surface area contributed by atoms with Gasteiger partial charge in [0.25, 0.3) is 0 Å². The predicted octanol–water partition coefficient (Wildman–Crippen LogP) is 0.946. The quantitative estimate of drug-likeness (QED) is 0.621. The summed E-state index contributed by atoms with van der Waals surface area (Å²) >= 11 is 0. The Hall–Kier alpha value is -0.860. The zero-order chi connectivity index (χ0) is 7.40. The monoisotopic (exact) mass is 139 g/mol. The van der Waals surface area contributed by atoms with Crippen LogP contribution in [0.1, 0.15) is 26.2 Å². The van der Waals surface area contributed by atoms with E-state index in [1.807, 2.05) is 0 Å². The lowest BCUT2D eigenvalue weighted by Gasteiger charge is -1.93. The van der Waals surface area contributed by atoms with Crippen molar-refractivity contribution in [3.63, 3.8) is 0 Å². The Morgan fingerprint density at radius 1 is 1.60 bits per heavy atom. The molecule has 0 unspecified atom stereocenters. The Labute approximate surface area is 61.1 Å². The van der Waals surface area contributed by atoms with Crippen LogP contribution in [-0.2, 0) is 0 Å². The average Bonchev–Trinajstić information content (AvgIpc) is 2.31. The van der Waals surface area contributed by atoms with Crippen LogP contribution in [0.4, 0.5) is 0 Å². The van der Waals surface area contributed by atoms with Gasteiger partial charge in [-0.2, -0.15) is 0 Å².